The van der Waals surface area contributed by atoms with Crippen LogP contribution < -0.4 is 5.73 Å². The molecule has 3 N–H and O–H groups in total. The van der Waals surface area contributed by atoms with Crippen molar-refractivity contribution in [2.45, 2.75) is 24.9 Å². The Bertz CT molecular complexity index is 489. The van der Waals surface area contributed by atoms with Crippen LogP contribution in [0.2, 0.25) is 0 Å². The lowest BCUT2D eigenvalue weighted by Gasteiger charge is -2.39. The molecule has 5 heteroatoms. The number of benzene rings is 1. The molecule has 0 aromatic heterocycles. The molecule has 1 aromatic carbocycles. The number of amides is 1. The Hall–Kier alpha value is -1.88. The van der Waals surface area contributed by atoms with Gasteiger partial charge in [-0.25, -0.2) is 4.79 Å². The van der Waals surface area contributed by atoms with Crippen LogP contribution in [0.25, 0.3) is 0 Å². The molecule has 1 aliphatic rings. The molecule has 1 aromatic rings. The van der Waals surface area contributed by atoms with Gasteiger partial charge in [0.1, 0.15) is 0 Å². The zero-order chi connectivity index (χ0) is 14.0. The molecule has 102 valence electrons. The highest BCUT2D eigenvalue weighted by atomic mass is 16.4. The van der Waals surface area contributed by atoms with Gasteiger partial charge in [0.05, 0.1) is 13.6 Å². The summed E-state index contributed by atoms with van der Waals surface area (Å²) in [5.41, 5.74) is 6.33. The van der Waals surface area contributed by atoms with E-state index in [4.69, 9.17) is 5.73 Å². The van der Waals surface area contributed by atoms with E-state index in [0.717, 1.165) is 12.0 Å². The molecule has 1 amide bonds. The Morgan fingerprint density at radius 3 is 2.53 bits per heavy atom. The molecule has 0 saturated carbocycles. The third kappa shape index (κ3) is 2.33. The molecule has 3 atom stereocenters. The second-order valence-electron chi connectivity index (χ2n) is 5.28. The molecular formula is C14H19N2O3+. The van der Waals surface area contributed by atoms with Gasteiger partial charge >= 0.3 is 5.97 Å². The van der Waals surface area contributed by atoms with Crippen molar-refractivity contribution in [1.29, 1.82) is 0 Å². The number of likely N-dealkylation sites (N-methyl/N-ethyl adjacent to an activating group) is 1. The van der Waals surface area contributed by atoms with E-state index in [9.17, 15) is 14.7 Å². The molecule has 1 saturated heterocycles. The number of carboxylic acids is 1. The van der Waals surface area contributed by atoms with Gasteiger partial charge in [0.25, 0.3) is 5.91 Å². The first-order valence-corrected chi connectivity index (χ1v) is 6.39. The van der Waals surface area contributed by atoms with Crippen molar-refractivity contribution in [2.24, 2.45) is 5.73 Å². The van der Waals surface area contributed by atoms with Crippen LogP contribution in [0.5, 0.6) is 0 Å². The number of aliphatic carboxylic acids is 1. The lowest BCUT2D eigenvalue weighted by atomic mass is 10.0. The van der Waals surface area contributed by atoms with Gasteiger partial charge < -0.3 is 15.3 Å². The standard InChI is InChI=1S/C14H18N2O3/c1-16(9-5-8-11(16)14(18)19)12(13(15)17)10-6-3-2-4-7-10/h2-4,6-7,11-12H,5,8-9H2,1H3,(H2-,15,17,18,19)/p+1/t11-,12-,16?/m0/s1. The minimum absolute atomic E-state index is 0.161. The van der Waals surface area contributed by atoms with Crippen molar-refractivity contribution in [1.82, 2.24) is 0 Å². The number of carboxylic acid groups (broad SMARTS) is 1. The SMILES string of the molecule is C[N+]1([C@H](C(N)=O)c2ccccc2)CCC[C@H]1C(=O)O. The van der Waals surface area contributed by atoms with Crippen molar-refractivity contribution >= 4 is 11.9 Å². The van der Waals surface area contributed by atoms with Gasteiger partial charge in [-0.3, -0.25) is 4.79 Å². The Balaban J connectivity index is 2.44. The molecule has 1 fully saturated rings. The number of nitrogens with two attached hydrogens (primary N) is 1. The number of primary amides is 1. The van der Waals surface area contributed by atoms with Crippen molar-refractivity contribution in [2.75, 3.05) is 13.6 Å². The predicted molar refractivity (Wildman–Crippen MR) is 70.1 cm³/mol. The molecule has 2 rings (SSSR count). The van der Waals surface area contributed by atoms with Crippen LogP contribution in [0.4, 0.5) is 0 Å². The quantitative estimate of drug-likeness (QED) is 0.792. The highest BCUT2D eigenvalue weighted by molar-refractivity contribution is 5.81. The number of carbonyl (C=O) groups excluding carboxylic acids is 1. The van der Waals surface area contributed by atoms with Crippen LogP contribution in [0.3, 0.4) is 0 Å². The molecule has 0 spiro atoms. The van der Waals surface area contributed by atoms with Gasteiger partial charge in [-0.05, 0) is 0 Å². The summed E-state index contributed by atoms with van der Waals surface area (Å²) in [7, 11) is 1.81. The highest BCUT2D eigenvalue weighted by Gasteiger charge is 2.50. The minimum Gasteiger partial charge on any atom is -0.477 e. The number of hydrogen-bond acceptors (Lipinski definition) is 2. The number of carbonyl (C=O) groups is 2. The van der Waals surface area contributed by atoms with Gasteiger partial charge in [0, 0.05) is 18.4 Å². The van der Waals surface area contributed by atoms with E-state index in [1.54, 1.807) is 0 Å². The van der Waals surface area contributed by atoms with Crippen LogP contribution in [-0.2, 0) is 9.59 Å². The molecule has 0 aliphatic carbocycles. The Kier molecular flexibility index (Phi) is 3.57. The molecule has 0 bridgehead atoms. The van der Waals surface area contributed by atoms with Crippen LogP contribution >= 0.6 is 0 Å². The van der Waals surface area contributed by atoms with E-state index in [-0.39, 0.29) is 4.48 Å². The lowest BCUT2D eigenvalue weighted by molar-refractivity contribution is -0.933. The maximum absolute atomic E-state index is 11.9. The predicted octanol–water partition coefficient (Wildman–Crippen LogP) is 0.907. The van der Waals surface area contributed by atoms with Crippen LogP contribution in [-0.4, -0.2) is 41.1 Å². The van der Waals surface area contributed by atoms with E-state index >= 15 is 0 Å². The summed E-state index contributed by atoms with van der Waals surface area (Å²) in [4.78, 5) is 23.3. The summed E-state index contributed by atoms with van der Waals surface area (Å²) in [5.74, 6) is -1.33. The molecule has 19 heavy (non-hydrogen) atoms. The number of rotatable bonds is 4. The van der Waals surface area contributed by atoms with Crippen molar-refractivity contribution in [3.8, 4) is 0 Å². The zero-order valence-corrected chi connectivity index (χ0v) is 11.0. The second kappa shape index (κ2) is 5.01. The number of hydrogen-bond donors (Lipinski definition) is 2. The van der Waals surface area contributed by atoms with Crippen molar-refractivity contribution < 1.29 is 19.2 Å². The van der Waals surface area contributed by atoms with E-state index in [0.29, 0.717) is 13.0 Å². The minimum atomic E-state index is -0.859. The topological polar surface area (TPSA) is 80.4 Å². The Labute approximate surface area is 112 Å². The first-order chi connectivity index (χ1) is 8.97. The number of nitrogens with zero attached hydrogens (tertiary/aromatic N) is 1. The molecule has 0 radical (unpaired) electrons. The molecule has 1 unspecified atom stereocenters. The third-order valence-corrected chi connectivity index (χ3v) is 4.09. The summed E-state index contributed by atoms with van der Waals surface area (Å²) >= 11 is 0. The summed E-state index contributed by atoms with van der Waals surface area (Å²) in [6, 6.07) is 8.02. The largest absolute Gasteiger partial charge is 0.477 e. The van der Waals surface area contributed by atoms with E-state index < -0.39 is 24.0 Å². The zero-order valence-electron chi connectivity index (χ0n) is 11.0. The smallest absolute Gasteiger partial charge is 0.362 e. The average molecular weight is 263 g/mol. The Morgan fingerprint density at radius 2 is 2.00 bits per heavy atom. The molecule has 1 aliphatic heterocycles. The summed E-state index contributed by atoms with van der Waals surface area (Å²) < 4.78 is 0.161. The van der Waals surface area contributed by atoms with E-state index in [1.165, 1.54) is 0 Å². The van der Waals surface area contributed by atoms with Gasteiger partial charge in [-0.2, -0.15) is 0 Å². The maximum atomic E-state index is 11.9. The normalized spacial score (nSPS) is 27.9. The first-order valence-electron chi connectivity index (χ1n) is 6.39. The summed E-state index contributed by atoms with van der Waals surface area (Å²) in [6.07, 6.45) is 1.38. The highest BCUT2D eigenvalue weighted by Crippen LogP contribution is 2.36. The fraction of sp³-hybridized carbons (Fsp3) is 0.429. The molecular weight excluding hydrogens is 244 g/mol. The Morgan fingerprint density at radius 1 is 1.37 bits per heavy atom. The maximum Gasteiger partial charge on any atom is 0.362 e. The number of quaternary nitrogens is 1. The van der Waals surface area contributed by atoms with Crippen LogP contribution in [0.1, 0.15) is 24.4 Å². The fourth-order valence-electron chi connectivity index (χ4n) is 3.19. The second-order valence-corrected chi connectivity index (χ2v) is 5.28. The lowest BCUT2D eigenvalue weighted by Crippen LogP contribution is -2.57. The summed E-state index contributed by atoms with van der Waals surface area (Å²) in [5, 5.41) is 9.36. The molecule has 1 heterocycles. The molecule has 5 nitrogen and oxygen atoms in total. The monoisotopic (exact) mass is 263 g/mol. The third-order valence-electron chi connectivity index (χ3n) is 4.09. The van der Waals surface area contributed by atoms with Gasteiger partial charge in [-0.1, -0.05) is 30.3 Å². The fourth-order valence-corrected chi connectivity index (χ4v) is 3.19. The van der Waals surface area contributed by atoms with Crippen LogP contribution in [0, 0.1) is 0 Å². The number of likely N-dealkylation sites (tertiary alicyclic amines) is 1. The van der Waals surface area contributed by atoms with E-state index in [2.05, 4.69) is 0 Å². The average Bonchev–Trinajstić information content (AvgIpc) is 2.72. The first kappa shape index (κ1) is 13.5. The van der Waals surface area contributed by atoms with Gasteiger partial charge in [-0.15, -0.1) is 0 Å². The van der Waals surface area contributed by atoms with Gasteiger partial charge in [0.2, 0.25) is 0 Å². The summed E-state index contributed by atoms with van der Waals surface area (Å²) in [6.45, 7) is 0.652. The van der Waals surface area contributed by atoms with Crippen molar-refractivity contribution in [3.05, 3.63) is 35.9 Å². The van der Waals surface area contributed by atoms with Crippen molar-refractivity contribution in [3.63, 3.8) is 0 Å². The van der Waals surface area contributed by atoms with E-state index in [1.807, 2.05) is 37.4 Å². The van der Waals surface area contributed by atoms with Crippen LogP contribution in [0.15, 0.2) is 30.3 Å². The van der Waals surface area contributed by atoms with Gasteiger partial charge in [0.15, 0.2) is 12.1 Å².